The minimum Gasteiger partial charge on any atom is -0.481 e. The van der Waals surface area contributed by atoms with Gasteiger partial charge in [0.1, 0.15) is 0 Å². The Kier molecular flexibility index (Phi) is 2.73. The van der Waals surface area contributed by atoms with Crippen LogP contribution < -0.4 is 5.73 Å². The summed E-state index contributed by atoms with van der Waals surface area (Å²) in [7, 11) is 0. The van der Waals surface area contributed by atoms with Gasteiger partial charge in [-0.25, -0.2) is 0 Å². The summed E-state index contributed by atoms with van der Waals surface area (Å²) >= 11 is 0. The van der Waals surface area contributed by atoms with Gasteiger partial charge in [-0.3, -0.25) is 4.79 Å². The van der Waals surface area contributed by atoms with E-state index in [9.17, 15) is 4.79 Å². The Morgan fingerprint density at radius 1 is 1.75 bits per heavy atom. The Hall–Kier alpha value is -0.570. The van der Waals surface area contributed by atoms with E-state index in [1.165, 1.54) is 0 Å². The molecule has 0 saturated heterocycles. The molecule has 0 aromatic heterocycles. The van der Waals surface area contributed by atoms with Gasteiger partial charge in [0.15, 0.2) is 0 Å². The molecule has 2 atom stereocenters. The highest BCUT2D eigenvalue weighted by Gasteiger charge is 2.37. The Morgan fingerprint density at radius 3 is 2.75 bits per heavy atom. The first-order chi connectivity index (χ1) is 5.58. The molecule has 3 N–H and O–H groups in total. The van der Waals surface area contributed by atoms with E-state index < -0.39 is 5.97 Å². The van der Waals surface area contributed by atoms with Gasteiger partial charge in [0.2, 0.25) is 0 Å². The van der Waals surface area contributed by atoms with Crippen molar-refractivity contribution in [3.05, 3.63) is 0 Å². The van der Waals surface area contributed by atoms with Crippen molar-refractivity contribution in [2.24, 2.45) is 17.1 Å². The molecule has 1 aliphatic rings. The van der Waals surface area contributed by atoms with Crippen molar-refractivity contribution >= 4 is 5.97 Å². The Bertz CT molecular complexity index is 181. The van der Waals surface area contributed by atoms with Gasteiger partial charge in [-0.15, -0.1) is 0 Å². The van der Waals surface area contributed by atoms with E-state index in [-0.39, 0.29) is 11.8 Å². The summed E-state index contributed by atoms with van der Waals surface area (Å²) in [5, 5.41) is 8.70. The van der Waals surface area contributed by atoms with E-state index in [2.05, 4.69) is 6.92 Å². The molecule has 0 bridgehead atoms. The van der Waals surface area contributed by atoms with Gasteiger partial charge in [0, 0.05) is 0 Å². The molecule has 12 heavy (non-hydrogen) atoms. The van der Waals surface area contributed by atoms with Crippen LogP contribution in [0.2, 0.25) is 0 Å². The number of carboxylic acids is 1. The predicted octanol–water partition coefficient (Wildman–Crippen LogP) is 1.23. The van der Waals surface area contributed by atoms with Crippen molar-refractivity contribution in [1.82, 2.24) is 0 Å². The SMILES string of the molecule is C[C@H]1CC[C@@](CN)(CC(=O)O)C1. The Balaban J connectivity index is 2.58. The number of rotatable bonds is 3. The molecule has 0 aromatic carbocycles. The lowest BCUT2D eigenvalue weighted by Crippen LogP contribution is -2.30. The van der Waals surface area contributed by atoms with Crippen molar-refractivity contribution in [3.8, 4) is 0 Å². The lowest BCUT2D eigenvalue weighted by atomic mass is 9.82. The average molecular weight is 171 g/mol. The molecule has 0 radical (unpaired) electrons. The quantitative estimate of drug-likeness (QED) is 0.671. The maximum Gasteiger partial charge on any atom is 0.303 e. The first-order valence-corrected chi connectivity index (χ1v) is 4.50. The molecule has 3 nitrogen and oxygen atoms in total. The largest absolute Gasteiger partial charge is 0.481 e. The zero-order chi connectivity index (χ0) is 9.19. The Labute approximate surface area is 72.9 Å². The fourth-order valence-corrected chi connectivity index (χ4v) is 2.23. The van der Waals surface area contributed by atoms with Crippen LogP contribution in [-0.2, 0) is 4.79 Å². The normalized spacial score (nSPS) is 35.3. The first-order valence-electron chi connectivity index (χ1n) is 4.50. The number of aliphatic carboxylic acids is 1. The monoisotopic (exact) mass is 171 g/mol. The summed E-state index contributed by atoms with van der Waals surface area (Å²) in [6.45, 7) is 2.68. The van der Waals surface area contributed by atoms with Gasteiger partial charge < -0.3 is 10.8 Å². The van der Waals surface area contributed by atoms with Crippen LogP contribution in [0.25, 0.3) is 0 Å². The van der Waals surface area contributed by atoms with Crippen LogP contribution in [0.15, 0.2) is 0 Å². The molecule has 1 saturated carbocycles. The second-order valence-electron chi connectivity index (χ2n) is 4.12. The molecule has 0 unspecified atom stereocenters. The van der Waals surface area contributed by atoms with E-state index in [0.717, 1.165) is 19.3 Å². The van der Waals surface area contributed by atoms with E-state index in [0.29, 0.717) is 12.5 Å². The number of carboxylic acid groups (broad SMARTS) is 1. The average Bonchev–Trinajstić information content (AvgIpc) is 2.32. The zero-order valence-corrected chi connectivity index (χ0v) is 7.55. The number of hydrogen-bond donors (Lipinski definition) is 2. The van der Waals surface area contributed by atoms with Crippen LogP contribution in [-0.4, -0.2) is 17.6 Å². The van der Waals surface area contributed by atoms with E-state index in [4.69, 9.17) is 10.8 Å². The van der Waals surface area contributed by atoms with Crippen LogP contribution in [0.5, 0.6) is 0 Å². The summed E-state index contributed by atoms with van der Waals surface area (Å²) in [6, 6.07) is 0. The number of hydrogen-bond acceptors (Lipinski definition) is 2. The minimum atomic E-state index is -0.713. The van der Waals surface area contributed by atoms with Crippen LogP contribution in [0.3, 0.4) is 0 Å². The number of carbonyl (C=O) groups is 1. The highest BCUT2D eigenvalue weighted by molar-refractivity contribution is 5.67. The molecular weight excluding hydrogens is 154 g/mol. The maximum atomic E-state index is 10.6. The summed E-state index contributed by atoms with van der Waals surface area (Å²) < 4.78 is 0. The predicted molar refractivity (Wildman–Crippen MR) is 46.8 cm³/mol. The third kappa shape index (κ3) is 1.97. The van der Waals surface area contributed by atoms with Crippen LogP contribution in [0, 0.1) is 11.3 Å². The van der Waals surface area contributed by atoms with Crippen molar-refractivity contribution in [1.29, 1.82) is 0 Å². The van der Waals surface area contributed by atoms with E-state index in [1.807, 2.05) is 0 Å². The molecule has 0 heterocycles. The third-order valence-electron chi connectivity index (χ3n) is 2.91. The molecule has 0 spiro atoms. The van der Waals surface area contributed by atoms with Crippen molar-refractivity contribution in [3.63, 3.8) is 0 Å². The zero-order valence-electron chi connectivity index (χ0n) is 7.55. The van der Waals surface area contributed by atoms with Crippen molar-refractivity contribution in [2.45, 2.75) is 32.6 Å². The van der Waals surface area contributed by atoms with Gasteiger partial charge in [-0.1, -0.05) is 13.3 Å². The van der Waals surface area contributed by atoms with Gasteiger partial charge in [0.25, 0.3) is 0 Å². The highest BCUT2D eigenvalue weighted by Crippen LogP contribution is 2.43. The fraction of sp³-hybridized carbons (Fsp3) is 0.889. The second-order valence-corrected chi connectivity index (χ2v) is 4.12. The van der Waals surface area contributed by atoms with Crippen LogP contribution in [0.1, 0.15) is 32.6 Å². The summed E-state index contributed by atoms with van der Waals surface area (Å²) in [6.07, 6.45) is 3.34. The minimum absolute atomic E-state index is 0.0920. The molecule has 3 heteroatoms. The topological polar surface area (TPSA) is 63.3 Å². The van der Waals surface area contributed by atoms with Crippen LogP contribution >= 0.6 is 0 Å². The summed E-state index contributed by atoms with van der Waals surface area (Å²) in [4.78, 5) is 10.6. The first kappa shape index (κ1) is 9.52. The lowest BCUT2D eigenvalue weighted by molar-refractivity contribution is -0.139. The molecule has 1 aliphatic carbocycles. The second kappa shape index (κ2) is 3.44. The van der Waals surface area contributed by atoms with Gasteiger partial charge >= 0.3 is 5.97 Å². The van der Waals surface area contributed by atoms with Crippen molar-refractivity contribution < 1.29 is 9.90 Å². The van der Waals surface area contributed by atoms with E-state index >= 15 is 0 Å². The molecule has 0 aromatic rings. The smallest absolute Gasteiger partial charge is 0.303 e. The van der Waals surface area contributed by atoms with Gasteiger partial charge in [-0.2, -0.15) is 0 Å². The van der Waals surface area contributed by atoms with Gasteiger partial charge in [0.05, 0.1) is 6.42 Å². The summed E-state index contributed by atoms with van der Waals surface area (Å²) in [5.41, 5.74) is 5.52. The standard InChI is InChI=1S/C9H17NO2/c1-7-2-3-9(4-7,6-10)5-8(11)12/h7H,2-6,10H2,1H3,(H,11,12)/t7-,9-/m0/s1. The van der Waals surface area contributed by atoms with Crippen molar-refractivity contribution in [2.75, 3.05) is 6.54 Å². The fourth-order valence-electron chi connectivity index (χ4n) is 2.23. The maximum absolute atomic E-state index is 10.6. The molecule has 1 fully saturated rings. The molecule has 1 rings (SSSR count). The summed E-state index contributed by atoms with van der Waals surface area (Å²) in [5.74, 6) is -0.0672. The Morgan fingerprint density at radius 2 is 2.42 bits per heavy atom. The van der Waals surface area contributed by atoms with E-state index in [1.54, 1.807) is 0 Å². The van der Waals surface area contributed by atoms with Gasteiger partial charge in [-0.05, 0) is 30.7 Å². The lowest BCUT2D eigenvalue weighted by Gasteiger charge is -2.25. The molecule has 0 aliphatic heterocycles. The third-order valence-corrected chi connectivity index (χ3v) is 2.91. The highest BCUT2D eigenvalue weighted by atomic mass is 16.4. The van der Waals surface area contributed by atoms with Crippen LogP contribution in [0.4, 0.5) is 0 Å². The molecule has 0 amide bonds. The molecular formula is C9H17NO2. The molecule has 70 valence electrons. The number of nitrogens with two attached hydrogens (primary N) is 1.